The van der Waals surface area contributed by atoms with Gasteiger partial charge in [0.2, 0.25) is 0 Å². The third-order valence-corrected chi connectivity index (χ3v) is 3.80. The average molecular weight is 257 g/mol. The molecule has 0 aliphatic heterocycles. The molecule has 0 amide bonds. The van der Waals surface area contributed by atoms with E-state index < -0.39 is 11.7 Å². The second kappa shape index (κ2) is 4.57. The van der Waals surface area contributed by atoms with Crippen LogP contribution in [0.25, 0.3) is 0 Å². The fraction of sp³-hybridized carbons (Fsp3) is 0.571. The van der Waals surface area contributed by atoms with Gasteiger partial charge in [0.25, 0.3) is 0 Å². The summed E-state index contributed by atoms with van der Waals surface area (Å²) in [6.45, 7) is 2.35. The maximum Gasteiger partial charge on any atom is 0.416 e. The highest BCUT2D eigenvalue weighted by atomic mass is 19.4. The molecule has 1 aliphatic rings. The molecule has 0 radical (unpaired) electrons. The maximum atomic E-state index is 12.7. The summed E-state index contributed by atoms with van der Waals surface area (Å²) < 4.78 is 38.0. The Morgan fingerprint density at radius 2 is 1.89 bits per heavy atom. The molecule has 100 valence electrons. The highest BCUT2D eigenvalue weighted by Crippen LogP contribution is 2.48. The molecule has 0 saturated heterocycles. The van der Waals surface area contributed by atoms with Crippen LogP contribution in [0, 0.1) is 12.3 Å². The summed E-state index contributed by atoms with van der Waals surface area (Å²) >= 11 is 0. The first-order valence-electron chi connectivity index (χ1n) is 6.23. The molecule has 1 aromatic rings. The highest BCUT2D eigenvalue weighted by Gasteiger charge is 2.40. The molecule has 2 rings (SSSR count). The Balaban J connectivity index is 2.11. The monoisotopic (exact) mass is 257 g/mol. The number of hydrogen-bond donors (Lipinski definition) is 1. The van der Waals surface area contributed by atoms with Gasteiger partial charge < -0.3 is 5.73 Å². The van der Waals surface area contributed by atoms with Crippen LogP contribution in [0.15, 0.2) is 18.2 Å². The zero-order chi connectivity index (χ0) is 13.4. The van der Waals surface area contributed by atoms with Gasteiger partial charge in [0.1, 0.15) is 0 Å². The van der Waals surface area contributed by atoms with Crippen LogP contribution < -0.4 is 5.73 Å². The van der Waals surface area contributed by atoms with Crippen molar-refractivity contribution >= 4 is 0 Å². The number of alkyl halides is 3. The minimum atomic E-state index is -4.26. The summed E-state index contributed by atoms with van der Waals surface area (Å²) in [7, 11) is 0. The smallest absolute Gasteiger partial charge is 0.330 e. The van der Waals surface area contributed by atoms with Crippen LogP contribution in [0.3, 0.4) is 0 Å². The molecule has 4 heteroatoms. The largest absolute Gasteiger partial charge is 0.416 e. The van der Waals surface area contributed by atoms with E-state index in [0.717, 1.165) is 24.8 Å². The molecule has 1 nitrogen and oxygen atoms in total. The van der Waals surface area contributed by atoms with Crippen LogP contribution in [0.2, 0.25) is 0 Å². The Morgan fingerprint density at radius 3 is 2.39 bits per heavy atom. The quantitative estimate of drug-likeness (QED) is 0.874. The lowest BCUT2D eigenvalue weighted by molar-refractivity contribution is -0.137. The number of benzene rings is 1. The van der Waals surface area contributed by atoms with Crippen LogP contribution in [0.1, 0.15) is 36.0 Å². The van der Waals surface area contributed by atoms with Crippen molar-refractivity contribution in [1.29, 1.82) is 0 Å². The predicted octanol–water partition coefficient (Wildman–Crippen LogP) is 3.69. The number of aryl methyl sites for hydroxylation is 2. The van der Waals surface area contributed by atoms with Crippen molar-refractivity contribution in [3.63, 3.8) is 0 Å². The molecule has 2 N–H and O–H groups in total. The first kappa shape index (κ1) is 13.4. The van der Waals surface area contributed by atoms with Gasteiger partial charge >= 0.3 is 6.18 Å². The minimum absolute atomic E-state index is 0.210. The lowest BCUT2D eigenvalue weighted by Crippen LogP contribution is -2.16. The molecular formula is C14H18F3N. The number of nitrogens with two attached hydrogens (primary N) is 1. The molecule has 0 aromatic heterocycles. The Labute approximate surface area is 105 Å². The molecule has 0 heterocycles. The second-order valence-corrected chi connectivity index (χ2v) is 5.41. The van der Waals surface area contributed by atoms with Gasteiger partial charge in [-0.1, -0.05) is 11.6 Å². The fourth-order valence-corrected chi connectivity index (χ4v) is 2.31. The minimum Gasteiger partial charge on any atom is -0.330 e. The molecule has 0 atom stereocenters. The van der Waals surface area contributed by atoms with E-state index in [9.17, 15) is 13.2 Å². The SMILES string of the molecule is Cc1cc(CCC2(CN)CC2)cc(C(F)(F)F)c1. The topological polar surface area (TPSA) is 26.0 Å². The van der Waals surface area contributed by atoms with Crippen molar-refractivity contribution in [1.82, 2.24) is 0 Å². The van der Waals surface area contributed by atoms with Gasteiger partial charge in [0, 0.05) is 0 Å². The normalized spacial score (nSPS) is 17.8. The van der Waals surface area contributed by atoms with Gasteiger partial charge in [-0.2, -0.15) is 13.2 Å². The van der Waals surface area contributed by atoms with E-state index in [1.807, 2.05) is 6.07 Å². The van der Waals surface area contributed by atoms with Gasteiger partial charge in [-0.3, -0.25) is 0 Å². The predicted molar refractivity (Wildman–Crippen MR) is 65.2 cm³/mol. The van der Waals surface area contributed by atoms with Crippen molar-refractivity contribution < 1.29 is 13.2 Å². The van der Waals surface area contributed by atoms with Crippen molar-refractivity contribution in [3.05, 3.63) is 34.9 Å². The molecule has 0 bridgehead atoms. The van der Waals surface area contributed by atoms with Crippen LogP contribution in [0.5, 0.6) is 0 Å². The lowest BCUT2D eigenvalue weighted by atomic mass is 9.95. The third-order valence-electron chi connectivity index (χ3n) is 3.80. The fourth-order valence-electron chi connectivity index (χ4n) is 2.31. The Kier molecular flexibility index (Phi) is 3.41. The van der Waals surface area contributed by atoms with Gasteiger partial charge in [0.15, 0.2) is 0 Å². The standard InChI is InChI=1S/C14H18F3N/c1-10-6-11(2-3-13(9-18)4-5-13)8-12(7-10)14(15,16)17/h6-8H,2-5,9,18H2,1H3. The van der Waals surface area contributed by atoms with Crippen molar-refractivity contribution in [2.45, 2.75) is 38.8 Å². The molecule has 1 aromatic carbocycles. The Hall–Kier alpha value is -1.03. The van der Waals surface area contributed by atoms with E-state index in [-0.39, 0.29) is 5.41 Å². The third kappa shape index (κ3) is 3.05. The van der Waals surface area contributed by atoms with E-state index >= 15 is 0 Å². The van der Waals surface area contributed by atoms with Crippen LogP contribution in [0.4, 0.5) is 13.2 Å². The summed E-state index contributed by atoms with van der Waals surface area (Å²) in [5, 5.41) is 0. The first-order chi connectivity index (χ1) is 8.35. The number of rotatable bonds is 4. The van der Waals surface area contributed by atoms with Gasteiger partial charge in [-0.15, -0.1) is 0 Å². The van der Waals surface area contributed by atoms with E-state index in [1.54, 1.807) is 6.92 Å². The van der Waals surface area contributed by atoms with E-state index in [2.05, 4.69) is 0 Å². The molecule has 0 spiro atoms. The van der Waals surface area contributed by atoms with E-state index in [4.69, 9.17) is 5.73 Å². The van der Waals surface area contributed by atoms with Crippen molar-refractivity contribution in [3.8, 4) is 0 Å². The molecule has 1 fully saturated rings. The van der Waals surface area contributed by atoms with Crippen LogP contribution >= 0.6 is 0 Å². The summed E-state index contributed by atoms with van der Waals surface area (Å²) in [5.74, 6) is 0. The molecule has 1 aliphatic carbocycles. The molecular weight excluding hydrogens is 239 g/mol. The van der Waals surface area contributed by atoms with Gasteiger partial charge in [-0.25, -0.2) is 0 Å². The molecule has 0 unspecified atom stereocenters. The summed E-state index contributed by atoms with van der Waals surface area (Å²) in [4.78, 5) is 0. The number of halogens is 3. The lowest BCUT2D eigenvalue weighted by Gasteiger charge is -2.14. The zero-order valence-corrected chi connectivity index (χ0v) is 10.5. The van der Waals surface area contributed by atoms with Crippen molar-refractivity contribution in [2.24, 2.45) is 11.1 Å². The maximum absolute atomic E-state index is 12.7. The average Bonchev–Trinajstić information content (AvgIpc) is 3.05. The first-order valence-corrected chi connectivity index (χ1v) is 6.23. The summed E-state index contributed by atoms with van der Waals surface area (Å²) in [6.07, 6.45) is -0.457. The van der Waals surface area contributed by atoms with Crippen LogP contribution in [-0.2, 0) is 12.6 Å². The van der Waals surface area contributed by atoms with E-state index in [0.29, 0.717) is 18.5 Å². The van der Waals surface area contributed by atoms with Crippen molar-refractivity contribution in [2.75, 3.05) is 6.54 Å². The van der Waals surface area contributed by atoms with Crippen LogP contribution in [-0.4, -0.2) is 6.54 Å². The van der Waals surface area contributed by atoms with Gasteiger partial charge in [-0.05, 0) is 62.3 Å². The molecule has 18 heavy (non-hydrogen) atoms. The Morgan fingerprint density at radius 1 is 1.22 bits per heavy atom. The zero-order valence-electron chi connectivity index (χ0n) is 10.5. The Bertz CT molecular complexity index is 433. The number of hydrogen-bond acceptors (Lipinski definition) is 1. The van der Waals surface area contributed by atoms with E-state index in [1.165, 1.54) is 12.1 Å². The summed E-state index contributed by atoms with van der Waals surface area (Å²) in [6, 6.07) is 4.29. The van der Waals surface area contributed by atoms with Gasteiger partial charge in [0.05, 0.1) is 5.56 Å². The molecule has 1 saturated carbocycles. The highest BCUT2D eigenvalue weighted by molar-refractivity contribution is 5.31. The second-order valence-electron chi connectivity index (χ2n) is 5.41. The summed E-state index contributed by atoms with van der Waals surface area (Å²) in [5.41, 5.74) is 6.78.